The standard InChI is InChI=1S/C16H25ClN4O/c1-3-4-5-6-7-8-12-9-10-14(13(17)11-12)21(2)16(22)20-15(18)19/h9-11H,3-8H2,1-2H3,(H4,18,19,20,22). The number of hydrogen-bond donors (Lipinski definition) is 3. The Balaban J connectivity index is 2.61. The van der Waals surface area contributed by atoms with Gasteiger partial charge in [0, 0.05) is 7.05 Å². The third kappa shape index (κ3) is 5.93. The van der Waals surface area contributed by atoms with E-state index >= 15 is 0 Å². The quantitative estimate of drug-likeness (QED) is 0.404. The minimum absolute atomic E-state index is 0.392. The molecule has 1 rings (SSSR count). The van der Waals surface area contributed by atoms with Crippen LogP contribution in [0.15, 0.2) is 18.2 Å². The lowest BCUT2D eigenvalue weighted by Gasteiger charge is -2.19. The summed E-state index contributed by atoms with van der Waals surface area (Å²) in [5.74, 6) is -0.392. The number of nitrogens with one attached hydrogen (secondary N) is 2. The SMILES string of the molecule is CCCCCCCc1ccc(N(C)C(=O)NC(=N)N)c(Cl)c1. The van der Waals surface area contributed by atoms with Crippen LogP contribution in [0.1, 0.15) is 44.6 Å². The maximum atomic E-state index is 11.8. The molecular weight excluding hydrogens is 300 g/mol. The molecule has 0 heterocycles. The lowest BCUT2D eigenvalue weighted by atomic mass is 10.1. The molecule has 0 fully saturated rings. The second-order valence-corrected chi connectivity index (χ2v) is 5.76. The number of nitrogens with zero attached hydrogens (tertiary/aromatic N) is 1. The Morgan fingerprint density at radius 2 is 2.00 bits per heavy atom. The summed E-state index contributed by atoms with van der Waals surface area (Å²) in [5.41, 5.74) is 6.92. The number of anilines is 1. The zero-order valence-electron chi connectivity index (χ0n) is 13.3. The van der Waals surface area contributed by atoms with Gasteiger partial charge in [0.05, 0.1) is 10.7 Å². The lowest BCUT2D eigenvalue weighted by molar-refractivity contribution is 0.251. The van der Waals surface area contributed by atoms with E-state index in [1.54, 1.807) is 7.05 Å². The van der Waals surface area contributed by atoms with Crippen molar-refractivity contribution in [3.05, 3.63) is 28.8 Å². The highest BCUT2D eigenvalue weighted by molar-refractivity contribution is 6.34. The highest BCUT2D eigenvalue weighted by atomic mass is 35.5. The average Bonchev–Trinajstić information content (AvgIpc) is 2.46. The molecule has 0 bridgehead atoms. The monoisotopic (exact) mass is 324 g/mol. The smallest absolute Gasteiger partial charge is 0.328 e. The first-order valence-corrected chi connectivity index (χ1v) is 8.00. The van der Waals surface area contributed by atoms with E-state index in [1.807, 2.05) is 18.2 Å². The van der Waals surface area contributed by atoms with E-state index in [2.05, 4.69) is 12.2 Å². The molecule has 0 aliphatic rings. The van der Waals surface area contributed by atoms with Gasteiger partial charge in [-0.15, -0.1) is 0 Å². The molecule has 0 aliphatic carbocycles. The zero-order valence-corrected chi connectivity index (χ0v) is 14.0. The van der Waals surface area contributed by atoms with Gasteiger partial charge in [0.25, 0.3) is 0 Å². The van der Waals surface area contributed by atoms with Crippen LogP contribution in [0.3, 0.4) is 0 Å². The number of hydrogen-bond acceptors (Lipinski definition) is 2. The highest BCUT2D eigenvalue weighted by Crippen LogP contribution is 2.27. The molecule has 0 radical (unpaired) electrons. The van der Waals surface area contributed by atoms with Crippen LogP contribution in [-0.4, -0.2) is 19.0 Å². The molecule has 0 aliphatic heterocycles. The second-order valence-electron chi connectivity index (χ2n) is 5.35. The molecule has 6 heteroatoms. The Morgan fingerprint density at radius 1 is 1.32 bits per heavy atom. The van der Waals surface area contributed by atoms with Crippen molar-refractivity contribution in [2.45, 2.75) is 45.4 Å². The molecule has 0 aromatic heterocycles. The van der Waals surface area contributed by atoms with Gasteiger partial charge in [-0.3, -0.25) is 15.6 Å². The van der Waals surface area contributed by atoms with Gasteiger partial charge in [-0.2, -0.15) is 0 Å². The first-order valence-electron chi connectivity index (χ1n) is 7.62. The van der Waals surface area contributed by atoms with E-state index in [0.29, 0.717) is 10.7 Å². The summed E-state index contributed by atoms with van der Waals surface area (Å²) in [4.78, 5) is 13.1. The second kappa shape index (κ2) is 9.30. The zero-order chi connectivity index (χ0) is 16.5. The topological polar surface area (TPSA) is 82.2 Å². The van der Waals surface area contributed by atoms with Gasteiger partial charge in [-0.25, -0.2) is 4.79 Å². The summed E-state index contributed by atoms with van der Waals surface area (Å²) < 4.78 is 0. The van der Waals surface area contributed by atoms with E-state index in [9.17, 15) is 4.79 Å². The molecule has 0 saturated carbocycles. The summed E-state index contributed by atoms with van der Waals surface area (Å²) in [6.45, 7) is 2.21. The first kappa shape index (κ1) is 18.3. The van der Waals surface area contributed by atoms with E-state index in [-0.39, 0.29) is 0 Å². The van der Waals surface area contributed by atoms with Gasteiger partial charge in [0.2, 0.25) is 0 Å². The number of unbranched alkanes of at least 4 members (excludes halogenated alkanes) is 4. The molecule has 1 aromatic carbocycles. The molecule has 4 N–H and O–H groups in total. The Labute approximate surface area is 137 Å². The van der Waals surface area contributed by atoms with Crippen molar-refractivity contribution in [1.29, 1.82) is 5.41 Å². The Hall–Kier alpha value is -1.75. The van der Waals surface area contributed by atoms with E-state index in [1.165, 1.54) is 36.1 Å². The summed E-state index contributed by atoms with van der Waals surface area (Å²) in [6.07, 6.45) is 7.18. The van der Waals surface area contributed by atoms with E-state index < -0.39 is 12.0 Å². The number of nitrogens with two attached hydrogens (primary N) is 1. The van der Waals surface area contributed by atoms with Crippen molar-refractivity contribution in [3.63, 3.8) is 0 Å². The summed E-state index contributed by atoms with van der Waals surface area (Å²) in [6, 6.07) is 5.22. The van der Waals surface area contributed by atoms with Gasteiger partial charge in [-0.1, -0.05) is 50.3 Å². The largest absolute Gasteiger partial charge is 0.370 e. The van der Waals surface area contributed by atoms with Crippen LogP contribution in [-0.2, 0) is 6.42 Å². The van der Waals surface area contributed by atoms with Gasteiger partial charge in [-0.05, 0) is 30.5 Å². The fourth-order valence-electron chi connectivity index (χ4n) is 2.22. The number of rotatable bonds is 7. The summed E-state index contributed by atoms with van der Waals surface area (Å²) in [5, 5.41) is 9.83. The number of urea groups is 1. The van der Waals surface area contributed by atoms with E-state index in [4.69, 9.17) is 22.7 Å². The molecule has 1 aromatic rings. The number of benzene rings is 1. The van der Waals surface area contributed by atoms with Gasteiger partial charge in [0.1, 0.15) is 0 Å². The van der Waals surface area contributed by atoms with Crippen molar-refractivity contribution in [3.8, 4) is 0 Å². The fourth-order valence-corrected chi connectivity index (χ4v) is 2.55. The van der Waals surface area contributed by atoms with Crippen molar-refractivity contribution in [1.82, 2.24) is 5.32 Å². The highest BCUT2D eigenvalue weighted by Gasteiger charge is 2.14. The van der Waals surface area contributed by atoms with Crippen LogP contribution in [0.4, 0.5) is 10.5 Å². The normalized spacial score (nSPS) is 10.3. The maximum Gasteiger partial charge on any atom is 0.328 e. The third-order valence-corrected chi connectivity index (χ3v) is 3.79. The van der Waals surface area contributed by atoms with Crippen molar-refractivity contribution in [2.24, 2.45) is 5.73 Å². The molecule has 2 amide bonds. The molecule has 0 unspecified atom stereocenters. The number of halogens is 1. The minimum atomic E-state index is -0.485. The average molecular weight is 325 g/mol. The van der Waals surface area contributed by atoms with Gasteiger partial charge < -0.3 is 5.73 Å². The lowest BCUT2D eigenvalue weighted by Crippen LogP contribution is -2.43. The van der Waals surface area contributed by atoms with Crippen LogP contribution >= 0.6 is 11.6 Å². The Bertz CT molecular complexity index is 519. The molecule has 0 saturated heterocycles. The number of carbonyl (C=O) groups is 1. The predicted molar refractivity (Wildman–Crippen MR) is 92.8 cm³/mol. The van der Waals surface area contributed by atoms with Crippen molar-refractivity contribution >= 4 is 29.3 Å². The molecule has 0 atom stereocenters. The minimum Gasteiger partial charge on any atom is -0.370 e. The number of guanidine groups is 1. The number of aryl methyl sites for hydroxylation is 1. The van der Waals surface area contributed by atoms with Crippen LogP contribution in [0.5, 0.6) is 0 Å². The first-order chi connectivity index (χ1) is 10.5. The molecule has 22 heavy (non-hydrogen) atoms. The van der Waals surface area contributed by atoms with Crippen molar-refractivity contribution in [2.75, 3.05) is 11.9 Å². The summed E-state index contributed by atoms with van der Waals surface area (Å²) in [7, 11) is 1.59. The van der Waals surface area contributed by atoms with Crippen LogP contribution in [0.2, 0.25) is 5.02 Å². The third-order valence-electron chi connectivity index (χ3n) is 3.49. The van der Waals surface area contributed by atoms with Gasteiger partial charge in [0.15, 0.2) is 5.96 Å². The Morgan fingerprint density at radius 3 is 2.59 bits per heavy atom. The molecule has 0 spiro atoms. The van der Waals surface area contributed by atoms with Crippen LogP contribution in [0, 0.1) is 5.41 Å². The number of carbonyl (C=O) groups excluding carboxylic acids is 1. The molecule has 5 nitrogen and oxygen atoms in total. The number of amides is 2. The van der Waals surface area contributed by atoms with Crippen molar-refractivity contribution < 1.29 is 4.79 Å². The Kier molecular flexibility index (Phi) is 7.74. The molecular formula is C16H25ClN4O. The fraction of sp³-hybridized carbons (Fsp3) is 0.500. The van der Waals surface area contributed by atoms with E-state index in [0.717, 1.165) is 12.8 Å². The van der Waals surface area contributed by atoms with Crippen LogP contribution < -0.4 is 16.0 Å². The maximum absolute atomic E-state index is 11.8. The summed E-state index contributed by atoms with van der Waals surface area (Å²) >= 11 is 6.26. The predicted octanol–water partition coefficient (Wildman–Crippen LogP) is 3.89. The van der Waals surface area contributed by atoms with Gasteiger partial charge >= 0.3 is 6.03 Å². The molecule has 122 valence electrons. The van der Waals surface area contributed by atoms with Crippen LogP contribution in [0.25, 0.3) is 0 Å².